The average Bonchev–Trinajstić information content (AvgIpc) is 3.13. The van der Waals surface area contributed by atoms with Crippen LogP contribution in [-0.4, -0.2) is 26.6 Å². The number of hydrogen-bond donors (Lipinski definition) is 2. The number of rotatable bonds is 5. The molecule has 0 aromatic carbocycles. The van der Waals surface area contributed by atoms with Gasteiger partial charge in [0.2, 0.25) is 17.8 Å². The lowest BCUT2D eigenvalue weighted by Crippen LogP contribution is -2.39. The number of hydrogen-bond acceptors (Lipinski definition) is 5. The highest BCUT2D eigenvalue weighted by Crippen LogP contribution is 2.23. The number of amides is 2. The molecule has 2 N–H and O–H groups in total. The third kappa shape index (κ3) is 2.85. The molecule has 3 rings (SSSR count). The molecule has 2 aromatic heterocycles. The normalized spacial score (nSPS) is 17.0. The van der Waals surface area contributed by atoms with Crippen LogP contribution in [-0.2, 0) is 22.6 Å². The van der Waals surface area contributed by atoms with Gasteiger partial charge in [-0.1, -0.05) is 6.92 Å². The summed E-state index contributed by atoms with van der Waals surface area (Å²) in [6.45, 7) is 2.29. The molecule has 0 aliphatic carbocycles. The van der Waals surface area contributed by atoms with Crippen LogP contribution in [0.4, 0.5) is 5.95 Å². The number of aromatic nitrogens is 3. The lowest BCUT2D eigenvalue weighted by molar-refractivity contribution is -0.129. The standard InChI is InChI=1S/C14H17N5O3/c1-2-4-11-16-14-17-12(20)7-10(19(14)18-11)13(21)15-8-9-5-3-6-22-9/h3,5-6,10H,2,4,7-8H2,1H3,(H,15,21)(H,16,17,18,20)/t10-/m0/s1. The first kappa shape index (κ1) is 14.3. The van der Waals surface area contributed by atoms with E-state index in [2.05, 4.69) is 20.7 Å². The molecule has 22 heavy (non-hydrogen) atoms. The Morgan fingerprint density at radius 3 is 3.18 bits per heavy atom. The van der Waals surface area contributed by atoms with Crippen molar-refractivity contribution in [2.24, 2.45) is 0 Å². The Bertz CT molecular complexity index is 677. The zero-order chi connectivity index (χ0) is 15.5. The number of carbonyl (C=O) groups is 2. The summed E-state index contributed by atoms with van der Waals surface area (Å²) >= 11 is 0. The summed E-state index contributed by atoms with van der Waals surface area (Å²) in [5, 5.41) is 9.73. The van der Waals surface area contributed by atoms with Crippen molar-refractivity contribution in [3.8, 4) is 0 Å². The number of furan rings is 1. The van der Waals surface area contributed by atoms with E-state index in [9.17, 15) is 9.59 Å². The van der Waals surface area contributed by atoms with Crippen LogP contribution in [0.3, 0.4) is 0 Å². The highest BCUT2D eigenvalue weighted by molar-refractivity contribution is 5.96. The average molecular weight is 303 g/mol. The first-order valence-corrected chi connectivity index (χ1v) is 7.22. The molecule has 0 fully saturated rings. The Hall–Kier alpha value is -2.64. The number of aryl methyl sites for hydroxylation is 1. The molecule has 0 radical (unpaired) electrons. The van der Waals surface area contributed by atoms with E-state index in [1.54, 1.807) is 18.4 Å². The maximum absolute atomic E-state index is 12.3. The Labute approximate surface area is 126 Å². The van der Waals surface area contributed by atoms with Crippen LogP contribution in [0.2, 0.25) is 0 Å². The van der Waals surface area contributed by atoms with E-state index in [4.69, 9.17) is 4.42 Å². The van der Waals surface area contributed by atoms with Gasteiger partial charge in [-0.3, -0.25) is 14.9 Å². The molecular weight excluding hydrogens is 286 g/mol. The predicted molar refractivity (Wildman–Crippen MR) is 76.9 cm³/mol. The summed E-state index contributed by atoms with van der Waals surface area (Å²) in [5.74, 6) is 1.10. The fraction of sp³-hybridized carbons (Fsp3) is 0.429. The fourth-order valence-corrected chi connectivity index (χ4v) is 2.35. The minimum absolute atomic E-state index is 0.0475. The van der Waals surface area contributed by atoms with E-state index < -0.39 is 6.04 Å². The highest BCUT2D eigenvalue weighted by atomic mass is 16.3. The highest BCUT2D eigenvalue weighted by Gasteiger charge is 2.32. The maximum atomic E-state index is 12.3. The van der Waals surface area contributed by atoms with Gasteiger partial charge in [0.05, 0.1) is 19.2 Å². The third-order valence-corrected chi connectivity index (χ3v) is 3.39. The molecule has 8 heteroatoms. The van der Waals surface area contributed by atoms with Crippen molar-refractivity contribution in [1.82, 2.24) is 20.1 Å². The van der Waals surface area contributed by atoms with Crippen molar-refractivity contribution in [3.63, 3.8) is 0 Å². The van der Waals surface area contributed by atoms with Crippen molar-refractivity contribution in [2.75, 3.05) is 5.32 Å². The first-order chi connectivity index (χ1) is 10.7. The predicted octanol–water partition coefficient (Wildman–Crippen LogP) is 1.02. The molecule has 1 aliphatic heterocycles. The van der Waals surface area contributed by atoms with Gasteiger partial charge in [0.1, 0.15) is 11.8 Å². The van der Waals surface area contributed by atoms with E-state index in [0.717, 1.165) is 6.42 Å². The van der Waals surface area contributed by atoms with Gasteiger partial charge in [-0.15, -0.1) is 0 Å². The number of nitrogens with zero attached hydrogens (tertiary/aromatic N) is 3. The molecule has 2 aromatic rings. The van der Waals surface area contributed by atoms with Crippen molar-refractivity contribution in [1.29, 1.82) is 0 Å². The lowest BCUT2D eigenvalue weighted by atomic mass is 10.1. The van der Waals surface area contributed by atoms with Crippen LogP contribution < -0.4 is 10.6 Å². The number of nitrogens with one attached hydrogen (secondary N) is 2. The molecule has 0 spiro atoms. The van der Waals surface area contributed by atoms with Crippen LogP contribution in [0.15, 0.2) is 22.8 Å². The fourth-order valence-electron chi connectivity index (χ4n) is 2.35. The van der Waals surface area contributed by atoms with E-state index >= 15 is 0 Å². The van der Waals surface area contributed by atoms with Crippen LogP contribution in [0, 0.1) is 0 Å². The van der Waals surface area contributed by atoms with Gasteiger partial charge < -0.3 is 9.73 Å². The SMILES string of the molecule is CCCc1nc2n(n1)[C@H](C(=O)NCc1ccco1)CC(=O)N2. The molecule has 8 nitrogen and oxygen atoms in total. The van der Waals surface area contributed by atoms with Crippen LogP contribution >= 0.6 is 0 Å². The Morgan fingerprint density at radius 2 is 2.45 bits per heavy atom. The minimum Gasteiger partial charge on any atom is -0.467 e. The number of fused-ring (bicyclic) bond motifs is 1. The summed E-state index contributed by atoms with van der Waals surface area (Å²) in [6, 6.07) is 2.84. The van der Waals surface area contributed by atoms with Gasteiger partial charge in [-0.05, 0) is 18.6 Å². The topological polar surface area (TPSA) is 102 Å². The van der Waals surface area contributed by atoms with Gasteiger partial charge >= 0.3 is 0 Å². The number of anilines is 1. The van der Waals surface area contributed by atoms with Gasteiger partial charge in [0.15, 0.2) is 5.82 Å². The molecule has 0 unspecified atom stereocenters. The molecule has 0 saturated heterocycles. The molecule has 2 amide bonds. The van der Waals surface area contributed by atoms with E-state index in [1.165, 1.54) is 4.68 Å². The molecule has 3 heterocycles. The van der Waals surface area contributed by atoms with E-state index in [1.807, 2.05) is 6.92 Å². The third-order valence-electron chi connectivity index (χ3n) is 3.39. The van der Waals surface area contributed by atoms with Gasteiger partial charge in [-0.2, -0.15) is 10.1 Å². The van der Waals surface area contributed by atoms with Crippen LogP contribution in [0.25, 0.3) is 0 Å². The molecular formula is C14H17N5O3. The zero-order valence-electron chi connectivity index (χ0n) is 12.2. The lowest BCUT2D eigenvalue weighted by Gasteiger charge is -2.22. The van der Waals surface area contributed by atoms with E-state index in [0.29, 0.717) is 24.0 Å². The Morgan fingerprint density at radius 1 is 1.59 bits per heavy atom. The summed E-state index contributed by atoms with van der Waals surface area (Å²) in [4.78, 5) is 28.4. The first-order valence-electron chi connectivity index (χ1n) is 7.22. The van der Waals surface area contributed by atoms with Crippen molar-refractivity contribution in [2.45, 2.75) is 38.8 Å². The molecule has 116 valence electrons. The molecule has 0 bridgehead atoms. The smallest absolute Gasteiger partial charge is 0.245 e. The van der Waals surface area contributed by atoms with Crippen molar-refractivity contribution in [3.05, 3.63) is 30.0 Å². The quantitative estimate of drug-likeness (QED) is 0.858. The minimum atomic E-state index is -0.684. The van der Waals surface area contributed by atoms with Crippen LogP contribution in [0.5, 0.6) is 0 Å². The largest absolute Gasteiger partial charge is 0.467 e. The zero-order valence-corrected chi connectivity index (χ0v) is 12.2. The van der Waals surface area contributed by atoms with Crippen molar-refractivity contribution < 1.29 is 14.0 Å². The monoisotopic (exact) mass is 303 g/mol. The van der Waals surface area contributed by atoms with E-state index in [-0.39, 0.29) is 24.8 Å². The second kappa shape index (κ2) is 6.00. The summed E-state index contributed by atoms with van der Waals surface area (Å²) in [5.41, 5.74) is 0. The molecule has 0 saturated carbocycles. The Kier molecular flexibility index (Phi) is 3.90. The van der Waals surface area contributed by atoms with Gasteiger partial charge in [0, 0.05) is 6.42 Å². The van der Waals surface area contributed by atoms with Gasteiger partial charge in [0.25, 0.3) is 0 Å². The second-order valence-electron chi connectivity index (χ2n) is 5.11. The van der Waals surface area contributed by atoms with Gasteiger partial charge in [-0.25, -0.2) is 4.68 Å². The molecule has 1 atom stereocenters. The summed E-state index contributed by atoms with van der Waals surface area (Å²) in [6.07, 6.45) is 3.19. The van der Waals surface area contributed by atoms with Crippen molar-refractivity contribution >= 4 is 17.8 Å². The summed E-state index contributed by atoms with van der Waals surface area (Å²) < 4.78 is 6.66. The number of carbonyl (C=O) groups excluding carboxylic acids is 2. The second-order valence-corrected chi connectivity index (χ2v) is 5.11. The summed E-state index contributed by atoms with van der Waals surface area (Å²) in [7, 11) is 0. The maximum Gasteiger partial charge on any atom is 0.245 e. The molecule has 1 aliphatic rings. The Balaban J connectivity index is 1.75. The van der Waals surface area contributed by atoms with Crippen LogP contribution in [0.1, 0.15) is 37.4 Å².